The van der Waals surface area contributed by atoms with Crippen molar-refractivity contribution in [3.63, 3.8) is 0 Å². The maximum absolute atomic E-state index is 12.2. The normalized spacial score (nSPS) is 11.7. The molecule has 0 fully saturated rings. The maximum atomic E-state index is 12.2. The van der Waals surface area contributed by atoms with Gasteiger partial charge in [0.15, 0.2) is 0 Å². The first kappa shape index (κ1) is 19.3. The van der Waals surface area contributed by atoms with E-state index in [-0.39, 0.29) is 22.8 Å². The van der Waals surface area contributed by atoms with Gasteiger partial charge in [-0.3, -0.25) is 9.59 Å². The number of anilines is 2. The second-order valence-corrected chi connectivity index (χ2v) is 7.58. The zero-order valence-corrected chi connectivity index (χ0v) is 16.0. The number of nitrogens with one attached hydrogen (secondary N) is 2. The van der Waals surface area contributed by atoms with Crippen LogP contribution in [0.15, 0.2) is 42.5 Å². The second kappa shape index (κ2) is 8.92. The third kappa shape index (κ3) is 6.11. The van der Waals surface area contributed by atoms with Gasteiger partial charge in [0.1, 0.15) is 0 Å². The molecule has 2 N–H and O–H groups in total. The fraction of sp³-hybridized carbons (Fsp3) is 0.263. The summed E-state index contributed by atoms with van der Waals surface area (Å²) in [7, 11) is 0. The quantitative estimate of drug-likeness (QED) is 0.771. The Morgan fingerprint density at radius 2 is 1.68 bits per heavy atom. The van der Waals surface area contributed by atoms with Crippen molar-refractivity contribution in [2.45, 2.75) is 26.0 Å². The van der Waals surface area contributed by atoms with Crippen molar-refractivity contribution in [3.8, 4) is 0 Å². The van der Waals surface area contributed by atoms with Gasteiger partial charge in [-0.1, -0.05) is 35.4 Å². The molecule has 0 bridgehead atoms. The number of carbonyl (C=O) groups is 2. The Bertz CT molecular complexity index is 763. The minimum atomic E-state index is -0.374. The lowest BCUT2D eigenvalue weighted by Gasteiger charge is -2.13. The Labute approximate surface area is 157 Å². The minimum absolute atomic E-state index is 0.137. The van der Waals surface area contributed by atoms with E-state index in [2.05, 4.69) is 10.6 Å². The van der Waals surface area contributed by atoms with Gasteiger partial charge in [-0.05, 0) is 50.6 Å². The molecule has 0 aliphatic heterocycles. The third-order valence-corrected chi connectivity index (χ3v) is 5.01. The molecule has 0 saturated carbocycles. The van der Waals surface area contributed by atoms with Crippen molar-refractivity contribution >= 4 is 46.6 Å². The van der Waals surface area contributed by atoms with Gasteiger partial charge < -0.3 is 10.6 Å². The van der Waals surface area contributed by atoms with Crippen LogP contribution in [-0.4, -0.2) is 22.8 Å². The Morgan fingerprint density at radius 3 is 2.32 bits per heavy atom. The molecule has 4 nitrogen and oxygen atoms in total. The Hall–Kier alpha value is -1.98. The van der Waals surface area contributed by atoms with Gasteiger partial charge in [0.25, 0.3) is 0 Å². The number of hydrogen-bond acceptors (Lipinski definition) is 3. The van der Waals surface area contributed by atoms with Crippen LogP contribution in [0.25, 0.3) is 0 Å². The topological polar surface area (TPSA) is 58.2 Å². The Balaban J connectivity index is 1.82. The molecular formula is C19H21ClN2O2S. The summed E-state index contributed by atoms with van der Waals surface area (Å²) in [5, 5.41) is 5.74. The highest BCUT2D eigenvalue weighted by Gasteiger charge is 2.16. The predicted octanol–water partition coefficient (Wildman–Crippen LogP) is 4.66. The number of thioether (sulfide) groups is 1. The number of aryl methyl sites for hydroxylation is 2. The van der Waals surface area contributed by atoms with E-state index in [1.807, 2.05) is 44.2 Å². The van der Waals surface area contributed by atoms with Crippen LogP contribution in [-0.2, 0) is 9.59 Å². The molecule has 0 saturated heterocycles. The lowest BCUT2D eigenvalue weighted by molar-refractivity contribution is -0.115. The third-order valence-electron chi connectivity index (χ3n) is 3.55. The number of rotatable bonds is 6. The second-order valence-electron chi connectivity index (χ2n) is 5.84. The van der Waals surface area contributed by atoms with E-state index in [1.165, 1.54) is 11.8 Å². The first-order chi connectivity index (χ1) is 11.8. The number of halogens is 1. The summed E-state index contributed by atoms with van der Waals surface area (Å²) in [6, 6.07) is 13.0. The van der Waals surface area contributed by atoms with Crippen LogP contribution >= 0.6 is 23.4 Å². The fourth-order valence-electron chi connectivity index (χ4n) is 2.07. The SMILES string of the molecule is Cc1ccc(NC(=O)CS[C@@H](C)C(=O)Nc2ccc(C)cc2Cl)cc1. The molecule has 0 radical (unpaired) electrons. The monoisotopic (exact) mass is 376 g/mol. The van der Waals surface area contributed by atoms with Crippen molar-refractivity contribution in [2.24, 2.45) is 0 Å². The summed E-state index contributed by atoms with van der Waals surface area (Å²) >= 11 is 7.40. The van der Waals surface area contributed by atoms with E-state index in [9.17, 15) is 9.59 Å². The highest BCUT2D eigenvalue weighted by Crippen LogP contribution is 2.24. The van der Waals surface area contributed by atoms with Crippen LogP contribution in [0.2, 0.25) is 5.02 Å². The average molecular weight is 377 g/mol. The maximum Gasteiger partial charge on any atom is 0.237 e. The summed E-state index contributed by atoms with van der Waals surface area (Å²) in [4.78, 5) is 24.2. The molecule has 2 rings (SSSR count). The van der Waals surface area contributed by atoms with Gasteiger partial charge in [-0.25, -0.2) is 0 Å². The molecule has 0 aromatic heterocycles. The summed E-state index contributed by atoms with van der Waals surface area (Å²) in [6.07, 6.45) is 0. The van der Waals surface area contributed by atoms with E-state index in [0.29, 0.717) is 10.7 Å². The van der Waals surface area contributed by atoms with Gasteiger partial charge in [0, 0.05) is 5.69 Å². The largest absolute Gasteiger partial charge is 0.325 e. The highest BCUT2D eigenvalue weighted by atomic mass is 35.5. The molecule has 2 amide bonds. The van der Waals surface area contributed by atoms with E-state index in [1.54, 1.807) is 19.1 Å². The molecule has 0 unspecified atom stereocenters. The molecule has 25 heavy (non-hydrogen) atoms. The molecule has 6 heteroatoms. The van der Waals surface area contributed by atoms with Crippen LogP contribution < -0.4 is 10.6 Å². The van der Waals surface area contributed by atoms with Crippen molar-refractivity contribution in [1.29, 1.82) is 0 Å². The zero-order valence-electron chi connectivity index (χ0n) is 14.4. The first-order valence-corrected chi connectivity index (χ1v) is 9.33. The number of benzene rings is 2. The average Bonchev–Trinajstić information content (AvgIpc) is 2.57. The van der Waals surface area contributed by atoms with Crippen molar-refractivity contribution in [1.82, 2.24) is 0 Å². The van der Waals surface area contributed by atoms with E-state index in [4.69, 9.17) is 11.6 Å². The molecular weight excluding hydrogens is 356 g/mol. The standard InChI is InChI=1S/C19H21ClN2O2S/c1-12-4-7-15(8-5-12)21-18(23)11-25-14(3)19(24)22-17-9-6-13(2)10-16(17)20/h4-10,14H,11H2,1-3H3,(H,21,23)(H,22,24)/t14-/m0/s1. The Kier molecular flexibility index (Phi) is 6.91. The molecule has 0 heterocycles. The highest BCUT2D eigenvalue weighted by molar-refractivity contribution is 8.01. The van der Waals surface area contributed by atoms with Gasteiger partial charge in [0.05, 0.1) is 21.7 Å². The minimum Gasteiger partial charge on any atom is -0.325 e. The van der Waals surface area contributed by atoms with Crippen LogP contribution in [0.4, 0.5) is 11.4 Å². The molecule has 1 atom stereocenters. The summed E-state index contributed by atoms with van der Waals surface area (Å²) < 4.78 is 0. The first-order valence-electron chi connectivity index (χ1n) is 7.90. The number of hydrogen-bond donors (Lipinski definition) is 2. The van der Waals surface area contributed by atoms with Crippen LogP contribution in [0.5, 0.6) is 0 Å². The van der Waals surface area contributed by atoms with E-state index in [0.717, 1.165) is 16.8 Å². The zero-order chi connectivity index (χ0) is 18.4. The van der Waals surface area contributed by atoms with Crippen LogP contribution in [0.3, 0.4) is 0 Å². The Morgan fingerprint density at radius 1 is 1.04 bits per heavy atom. The number of amides is 2. The van der Waals surface area contributed by atoms with E-state index < -0.39 is 0 Å². The summed E-state index contributed by atoms with van der Waals surface area (Å²) in [5.41, 5.74) is 3.49. The molecule has 0 spiro atoms. The summed E-state index contributed by atoms with van der Waals surface area (Å²) in [5.74, 6) is -0.120. The van der Waals surface area contributed by atoms with Gasteiger partial charge in [-0.15, -0.1) is 11.8 Å². The van der Waals surface area contributed by atoms with Gasteiger partial charge >= 0.3 is 0 Å². The van der Waals surface area contributed by atoms with Crippen molar-refractivity contribution < 1.29 is 9.59 Å². The molecule has 132 valence electrons. The smallest absolute Gasteiger partial charge is 0.237 e. The molecule has 2 aromatic carbocycles. The van der Waals surface area contributed by atoms with Crippen molar-refractivity contribution in [2.75, 3.05) is 16.4 Å². The van der Waals surface area contributed by atoms with Gasteiger partial charge in [-0.2, -0.15) is 0 Å². The molecule has 0 aliphatic carbocycles. The lowest BCUT2D eigenvalue weighted by Crippen LogP contribution is -2.25. The fourth-order valence-corrected chi connectivity index (χ4v) is 3.03. The summed E-state index contributed by atoms with van der Waals surface area (Å²) in [6.45, 7) is 5.69. The van der Waals surface area contributed by atoms with Crippen molar-refractivity contribution in [3.05, 3.63) is 58.6 Å². The van der Waals surface area contributed by atoms with Crippen LogP contribution in [0.1, 0.15) is 18.1 Å². The number of carbonyl (C=O) groups excluding carboxylic acids is 2. The van der Waals surface area contributed by atoms with Crippen LogP contribution in [0, 0.1) is 13.8 Å². The lowest BCUT2D eigenvalue weighted by atomic mass is 10.2. The molecule has 2 aromatic rings. The molecule has 0 aliphatic rings. The van der Waals surface area contributed by atoms with E-state index >= 15 is 0 Å². The van der Waals surface area contributed by atoms with Gasteiger partial charge in [0.2, 0.25) is 11.8 Å². The predicted molar refractivity (Wildman–Crippen MR) is 107 cm³/mol.